The topological polar surface area (TPSA) is 72.4 Å². The van der Waals surface area contributed by atoms with Crippen LogP contribution < -0.4 is 4.74 Å². The predicted octanol–water partition coefficient (Wildman–Crippen LogP) is 2.82. The van der Waals surface area contributed by atoms with Crippen molar-refractivity contribution in [1.29, 1.82) is 0 Å². The summed E-state index contributed by atoms with van der Waals surface area (Å²) in [7, 11) is 3.01. The number of ether oxygens (including phenoxy) is 2. The number of nitrogens with zero attached hydrogens (tertiary/aromatic N) is 3. The number of halogens is 1. The van der Waals surface area contributed by atoms with E-state index in [0.29, 0.717) is 34.6 Å². The third kappa shape index (κ3) is 4.22. The first-order valence-electron chi connectivity index (χ1n) is 7.94. The Morgan fingerprint density at radius 2 is 2.31 bits per heavy atom. The number of benzene rings is 1. The lowest BCUT2D eigenvalue weighted by atomic mass is 10.2. The van der Waals surface area contributed by atoms with Gasteiger partial charge in [0.05, 0.1) is 26.5 Å². The molecule has 1 saturated heterocycles. The summed E-state index contributed by atoms with van der Waals surface area (Å²) in [6.45, 7) is 1.98. The fourth-order valence-electron chi connectivity index (χ4n) is 2.74. The van der Waals surface area contributed by atoms with Crippen LogP contribution >= 0.6 is 35.6 Å². The summed E-state index contributed by atoms with van der Waals surface area (Å²) < 4.78 is 12.4. The first-order chi connectivity index (χ1) is 12.5. The third-order valence-corrected chi connectivity index (χ3v) is 5.76. The number of carbonyl (C=O) groups excluding carboxylic acids is 1. The highest BCUT2D eigenvalue weighted by atomic mass is 35.5. The van der Waals surface area contributed by atoms with Gasteiger partial charge >= 0.3 is 5.97 Å². The van der Waals surface area contributed by atoms with Gasteiger partial charge in [0, 0.05) is 23.9 Å². The molecule has 140 valence electrons. The number of aromatic nitrogens is 3. The van der Waals surface area contributed by atoms with Gasteiger partial charge in [-0.15, -0.1) is 11.8 Å². The van der Waals surface area contributed by atoms with E-state index in [0.717, 1.165) is 17.9 Å². The number of aromatic amines is 1. The van der Waals surface area contributed by atoms with Gasteiger partial charge in [-0.1, -0.05) is 11.6 Å². The third-order valence-electron chi connectivity index (χ3n) is 4.05. The molecule has 1 fully saturated rings. The summed E-state index contributed by atoms with van der Waals surface area (Å²) in [6.07, 6.45) is 0. The van der Waals surface area contributed by atoms with Gasteiger partial charge in [-0.2, -0.15) is 4.98 Å². The molecule has 1 aromatic heterocycles. The second kappa shape index (κ2) is 8.43. The molecule has 0 spiro atoms. The number of methoxy groups -OCH3 is 2. The molecule has 0 aliphatic carbocycles. The zero-order chi connectivity index (χ0) is 18.7. The zero-order valence-electron chi connectivity index (χ0n) is 14.4. The molecule has 26 heavy (non-hydrogen) atoms. The van der Waals surface area contributed by atoms with Crippen molar-refractivity contribution in [3.05, 3.63) is 28.0 Å². The number of rotatable bonds is 5. The molecule has 1 aliphatic rings. The molecule has 1 atom stereocenters. The predicted molar refractivity (Wildman–Crippen MR) is 104 cm³/mol. The van der Waals surface area contributed by atoms with Crippen molar-refractivity contribution in [3.63, 3.8) is 0 Å². The standard InChI is InChI=1S/C16H19ClN4O3S2/c1-23-12-4-3-10(17)7-11(12)14-18-16(25)21(19-14)9-20-5-6-26-13(8-20)15(22)24-2/h3-4,7,13H,5-6,8-9H2,1-2H3,(H,18,19,25)/t13-/m0/s1. The molecule has 7 nitrogen and oxygen atoms in total. The van der Waals surface area contributed by atoms with Gasteiger partial charge in [-0.25, -0.2) is 4.68 Å². The van der Waals surface area contributed by atoms with Gasteiger partial charge in [-0.05, 0) is 30.4 Å². The largest absolute Gasteiger partial charge is 0.496 e. The maximum atomic E-state index is 11.8. The molecule has 2 heterocycles. The highest BCUT2D eigenvalue weighted by Gasteiger charge is 2.27. The molecule has 2 aromatic rings. The minimum absolute atomic E-state index is 0.182. The lowest BCUT2D eigenvalue weighted by Gasteiger charge is -2.30. The number of carbonyl (C=O) groups is 1. The van der Waals surface area contributed by atoms with Crippen molar-refractivity contribution in [2.24, 2.45) is 0 Å². The molecule has 0 bridgehead atoms. The van der Waals surface area contributed by atoms with Gasteiger partial charge < -0.3 is 9.47 Å². The van der Waals surface area contributed by atoms with Crippen molar-refractivity contribution in [2.75, 3.05) is 33.1 Å². The van der Waals surface area contributed by atoms with Crippen molar-refractivity contribution in [2.45, 2.75) is 11.9 Å². The first-order valence-corrected chi connectivity index (χ1v) is 9.78. The summed E-state index contributed by atoms with van der Waals surface area (Å²) in [5.74, 6) is 1.91. The van der Waals surface area contributed by atoms with Gasteiger partial charge in [0.15, 0.2) is 5.82 Å². The summed E-state index contributed by atoms with van der Waals surface area (Å²) in [4.78, 5) is 18.4. The first kappa shape index (κ1) is 19.2. The lowest BCUT2D eigenvalue weighted by Crippen LogP contribution is -2.42. The molecule has 1 aromatic carbocycles. The highest BCUT2D eigenvalue weighted by Crippen LogP contribution is 2.30. The van der Waals surface area contributed by atoms with Gasteiger partial charge in [0.25, 0.3) is 0 Å². The Labute approximate surface area is 165 Å². The Kier molecular flexibility index (Phi) is 6.23. The normalized spacial score (nSPS) is 17.9. The van der Waals surface area contributed by atoms with Crippen LogP contribution in [-0.2, 0) is 16.2 Å². The van der Waals surface area contributed by atoms with Crippen molar-refractivity contribution < 1.29 is 14.3 Å². The van der Waals surface area contributed by atoms with Crippen LogP contribution in [0, 0.1) is 4.77 Å². The quantitative estimate of drug-likeness (QED) is 0.595. The zero-order valence-corrected chi connectivity index (χ0v) is 16.8. The summed E-state index contributed by atoms with van der Waals surface area (Å²) >= 11 is 13.1. The molecular formula is C16H19ClN4O3S2. The minimum atomic E-state index is -0.197. The van der Waals surface area contributed by atoms with Crippen molar-refractivity contribution in [3.8, 4) is 17.1 Å². The maximum absolute atomic E-state index is 11.8. The number of H-pyrrole nitrogens is 1. The Bertz CT molecular complexity index is 854. The van der Waals surface area contributed by atoms with Crippen LogP contribution in [0.5, 0.6) is 5.75 Å². The van der Waals surface area contributed by atoms with Gasteiger partial charge in [0.1, 0.15) is 11.0 Å². The highest BCUT2D eigenvalue weighted by molar-refractivity contribution is 8.00. The average Bonchev–Trinajstić information content (AvgIpc) is 3.01. The van der Waals surface area contributed by atoms with E-state index in [1.54, 1.807) is 41.8 Å². The van der Waals surface area contributed by atoms with E-state index in [1.807, 2.05) is 0 Å². The van der Waals surface area contributed by atoms with Crippen LogP contribution in [0.25, 0.3) is 11.4 Å². The van der Waals surface area contributed by atoms with Gasteiger partial charge in [-0.3, -0.25) is 14.8 Å². The molecule has 1 aliphatic heterocycles. The van der Waals surface area contributed by atoms with Crippen molar-refractivity contribution >= 4 is 41.6 Å². The van der Waals surface area contributed by atoms with E-state index in [4.69, 9.17) is 33.3 Å². The number of hydrogen-bond acceptors (Lipinski definition) is 7. The molecule has 1 N–H and O–H groups in total. The van der Waals surface area contributed by atoms with E-state index in [-0.39, 0.29) is 11.2 Å². The van der Waals surface area contributed by atoms with E-state index in [9.17, 15) is 4.79 Å². The molecule has 0 saturated carbocycles. The van der Waals surface area contributed by atoms with Crippen LogP contribution in [0.4, 0.5) is 0 Å². The Morgan fingerprint density at radius 3 is 3.04 bits per heavy atom. The Hall–Kier alpha value is -1.55. The second-order valence-electron chi connectivity index (χ2n) is 5.73. The number of thioether (sulfide) groups is 1. The van der Waals surface area contributed by atoms with E-state index in [1.165, 1.54) is 7.11 Å². The molecule has 0 unspecified atom stereocenters. The van der Waals surface area contributed by atoms with E-state index < -0.39 is 0 Å². The minimum Gasteiger partial charge on any atom is -0.496 e. The molecule has 0 radical (unpaired) electrons. The SMILES string of the molecule is COC(=O)[C@@H]1CN(Cn2[nH]c(-c3cc(Cl)ccc3OC)nc2=S)CCS1. The fraction of sp³-hybridized carbons (Fsp3) is 0.438. The van der Waals surface area contributed by atoms with Crippen LogP contribution in [0.2, 0.25) is 5.02 Å². The van der Waals surface area contributed by atoms with Crippen LogP contribution in [0.1, 0.15) is 0 Å². The number of esters is 1. The molecular weight excluding hydrogens is 396 g/mol. The summed E-state index contributed by atoms with van der Waals surface area (Å²) in [5, 5.41) is 3.61. The smallest absolute Gasteiger partial charge is 0.320 e. The number of hydrogen-bond donors (Lipinski definition) is 1. The summed E-state index contributed by atoms with van der Waals surface area (Å²) in [5.41, 5.74) is 0.742. The van der Waals surface area contributed by atoms with E-state index >= 15 is 0 Å². The number of nitrogens with one attached hydrogen (secondary N) is 1. The fourth-order valence-corrected chi connectivity index (χ4v) is 4.31. The van der Waals surface area contributed by atoms with Crippen LogP contribution in [-0.4, -0.2) is 63.9 Å². The Balaban J connectivity index is 1.80. The van der Waals surface area contributed by atoms with E-state index in [2.05, 4.69) is 15.0 Å². The average molecular weight is 415 g/mol. The lowest BCUT2D eigenvalue weighted by molar-refractivity contribution is -0.140. The molecule has 10 heteroatoms. The van der Waals surface area contributed by atoms with Crippen LogP contribution in [0.3, 0.4) is 0 Å². The Morgan fingerprint density at radius 1 is 1.50 bits per heavy atom. The molecule has 0 amide bonds. The van der Waals surface area contributed by atoms with Gasteiger partial charge in [0.2, 0.25) is 4.77 Å². The molecule has 3 rings (SSSR count). The van der Waals surface area contributed by atoms with Crippen LogP contribution in [0.15, 0.2) is 18.2 Å². The monoisotopic (exact) mass is 414 g/mol. The maximum Gasteiger partial charge on any atom is 0.320 e. The summed E-state index contributed by atoms with van der Waals surface area (Å²) in [6, 6.07) is 5.33. The van der Waals surface area contributed by atoms with Crippen molar-refractivity contribution in [1.82, 2.24) is 19.7 Å². The second-order valence-corrected chi connectivity index (χ2v) is 7.84.